The molecule has 0 bridgehead atoms. The van der Waals surface area contributed by atoms with Gasteiger partial charge in [-0.2, -0.15) is 16.6 Å². The van der Waals surface area contributed by atoms with Crippen LogP contribution in [0.5, 0.6) is 0 Å². The summed E-state index contributed by atoms with van der Waals surface area (Å²) in [5.41, 5.74) is 2.89. The minimum absolute atomic E-state index is 0.0437. The molecule has 0 saturated carbocycles. The zero-order valence-electron chi connectivity index (χ0n) is 11.7. The first kappa shape index (κ1) is 15.7. The average molecular weight is 320 g/mol. The minimum Gasteiger partial charge on any atom is -0.312 e. The van der Waals surface area contributed by atoms with Gasteiger partial charge in [0.1, 0.15) is 0 Å². The molecule has 0 aliphatic carbocycles. The third kappa shape index (κ3) is 4.14. The molecule has 0 amide bonds. The molecule has 0 fully saturated rings. The predicted octanol–water partition coefficient (Wildman–Crippen LogP) is 2.49. The summed E-state index contributed by atoms with van der Waals surface area (Å²) in [7, 11) is -3.31. The van der Waals surface area contributed by atoms with Gasteiger partial charge in [-0.3, -0.25) is 0 Å². The summed E-state index contributed by atoms with van der Waals surface area (Å²) in [4.78, 5) is 0.259. The highest BCUT2D eigenvalue weighted by molar-refractivity contribution is 7.91. The van der Waals surface area contributed by atoms with Crippen LogP contribution in [0, 0.1) is 18.3 Å². The Balaban J connectivity index is 1.89. The van der Waals surface area contributed by atoms with Crippen molar-refractivity contribution in [3.63, 3.8) is 0 Å². The number of rotatable bonds is 6. The van der Waals surface area contributed by atoms with Gasteiger partial charge in [0.25, 0.3) is 0 Å². The molecule has 6 heteroatoms. The van der Waals surface area contributed by atoms with Crippen molar-refractivity contribution in [3.8, 4) is 6.07 Å². The number of hydrogen-bond acceptors (Lipinski definition) is 5. The smallest absolute Gasteiger partial charge is 0.179 e. The Labute approximate surface area is 129 Å². The first-order valence-electron chi connectivity index (χ1n) is 6.48. The topological polar surface area (TPSA) is 70.0 Å². The molecule has 0 atom stereocenters. The molecular formula is C15H16N2O2S2. The number of aryl methyl sites for hydroxylation is 1. The van der Waals surface area contributed by atoms with Gasteiger partial charge in [-0.05, 0) is 53.1 Å². The molecule has 0 aliphatic rings. The Morgan fingerprint density at radius 1 is 1.24 bits per heavy atom. The summed E-state index contributed by atoms with van der Waals surface area (Å²) in [5, 5.41) is 16.0. The summed E-state index contributed by atoms with van der Waals surface area (Å²) >= 11 is 1.65. The number of thiophene rings is 1. The molecule has 1 N–H and O–H groups in total. The van der Waals surface area contributed by atoms with E-state index in [9.17, 15) is 8.42 Å². The van der Waals surface area contributed by atoms with Crippen LogP contribution in [-0.4, -0.2) is 20.7 Å². The molecule has 1 aromatic carbocycles. The van der Waals surface area contributed by atoms with Crippen LogP contribution in [0.1, 0.15) is 16.7 Å². The zero-order chi connectivity index (χ0) is 15.3. The molecule has 0 saturated heterocycles. The summed E-state index contributed by atoms with van der Waals surface area (Å²) in [5.74, 6) is 0.0437. The van der Waals surface area contributed by atoms with Crippen LogP contribution in [-0.2, 0) is 16.4 Å². The Morgan fingerprint density at radius 2 is 1.95 bits per heavy atom. The maximum Gasteiger partial charge on any atom is 0.179 e. The largest absolute Gasteiger partial charge is 0.312 e. The predicted molar refractivity (Wildman–Crippen MR) is 84.0 cm³/mol. The SMILES string of the molecule is Cc1cscc1CNCCS(=O)(=O)c1ccc(C#N)cc1. The third-order valence-corrected chi connectivity index (χ3v) is 5.81. The van der Waals surface area contributed by atoms with E-state index in [0.717, 1.165) is 0 Å². The van der Waals surface area contributed by atoms with Crippen molar-refractivity contribution in [1.29, 1.82) is 5.26 Å². The monoisotopic (exact) mass is 320 g/mol. The van der Waals surface area contributed by atoms with Gasteiger partial charge in [0, 0.05) is 13.1 Å². The quantitative estimate of drug-likeness (QED) is 0.830. The molecule has 0 unspecified atom stereocenters. The number of hydrogen-bond donors (Lipinski definition) is 1. The average Bonchev–Trinajstić information content (AvgIpc) is 2.89. The molecule has 0 radical (unpaired) electrons. The highest BCUT2D eigenvalue weighted by atomic mass is 32.2. The second-order valence-corrected chi connectivity index (χ2v) is 7.56. The van der Waals surface area contributed by atoms with Crippen molar-refractivity contribution in [2.24, 2.45) is 0 Å². The normalized spacial score (nSPS) is 11.2. The molecule has 2 rings (SSSR count). The Hall–Kier alpha value is -1.68. The summed E-state index contributed by atoms with van der Waals surface area (Å²) in [6.07, 6.45) is 0. The van der Waals surface area contributed by atoms with Crippen molar-refractivity contribution in [2.45, 2.75) is 18.4 Å². The van der Waals surface area contributed by atoms with Crippen molar-refractivity contribution >= 4 is 21.2 Å². The van der Waals surface area contributed by atoms with Crippen LogP contribution in [0.2, 0.25) is 0 Å². The molecule has 4 nitrogen and oxygen atoms in total. The van der Waals surface area contributed by atoms with Gasteiger partial charge in [-0.1, -0.05) is 0 Å². The summed E-state index contributed by atoms with van der Waals surface area (Å²) < 4.78 is 24.3. The minimum atomic E-state index is -3.31. The molecule has 21 heavy (non-hydrogen) atoms. The van der Waals surface area contributed by atoms with Gasteiger partial charge in [-0.15, -0.1) is 0 Å². The molecule has 1 aromatic heterocycles. The van der Waals surface area contributed by atoms with Crippen LogP contribution < -0.4 is 5.32 Å². The second-order valence-electron chi connectivity index (χ2n) is 4.71. The van der Waals surface area contributed by atoms with Crippen molar-refractivity contribution in [3.05, 3.63) is 51.7 Å². The van der Waals surface area contributed by atoms with E-state index < -0.39 is 9.84 Å². The zero-order valence-corrected chi connectivity index (χ0v) is 13.3. The highest BCUT2D eigenvalue weighted by Gasteiger charge is 2.13. The Bertz CT molecular complexity index is 741. The molecular weight excluding hydrogens is 304 g/mol. The van der Waals surface area contributed by atoms with Gasteiger partial charge in [0.15, 0.2) is 9.84 Å². The lowest BCUT2D eigenvalue weighted by molar-refractivity contribution is 0.590. The molecule has 0 aliphatic heterocycles. The van der Waals surface area contributed by atoms with Gasteiger partial charge >= 0.3 is 0 Å². The first-order valence-corrected chi connectivity index (χ1v) is 9.08. The number of nitrogens with zero attached hydrogens (tertiary/aromatic N) is 1. The fraction of sp³-hybridized carbons (Fsp3) is 0.267. The Morgan fingerprint density at radius 3 is 2.52 bits per heavy atom. The van der Waals surface area contributed by atoms with Crippen molar-refractivity contribution in [1.82, 2.24) is 5.32 Å². The molecule has 2 aromatic rings. The van der Waals surface area contributed by atoms with E-state index in [0.29, 0.717) is 18.7 Å². The van der Waals surface area contributed by atoms with Crippen LogP contribution in [0.15, 0.2) is 39.9 Å². The highest BCUT2D eigenvalue weighted by Crippen LogP contribution is 2.14. The van der Waals surface area contributed by atoms with E-state index >= 15 is 0 Å². The first-order chi connectivity index (χ1) is 10.0. The fourth-order valence-electron chi connectivity index (χ4n) is 1.85. The van der Waals surface area contributed by atoms with Crippen LogP contribution in [0.3, 0.4) is 0 Å². The van der Waals surface area contributed by atoms with E-state index in [1.54, 1.807) is 11.3 Å². The van der Waals surface area contributed by atoms with Crippen LogP contribution in [0.25, 0.3) is 0 Å². The maximum atomic E-state index is 12.1. The lowest BCUT2D eigenvalue weighted by Gasteiger charge is -2.06. The molecule has 1 heterocycles. The summed E-state index contributed by atoms with van der Waals surface area (Å²) in [6.45, 7) is 3.12. The Kier molecular flexibility index (Phi) is 5.12. The van der Waals surface area contributed by atoms with E-state index in [1.165, 1.54) is 35.4 Å². The van der Waals surface area contributed by atoms with E-state index in [-0.39, 0.29) is 10.6 Å². The number of nitriles is 1. The van der Waals surface area contributed by atoms with E-state index in [2.05, 4.69) is 16.1 Å². The van der Waals surface area contributed by atoms with E-state index in [1.807, 2.05) is 13.0 Å². The van der Waals surface area contributed by atoms with Crippen molar-refractivity contribution in [2.75, 3.05) is 12.3 Å². The standard InChI is InChI=1S/C15H16N2O2S2/c1-12-10-20-11-14(12)9-17-6-7-21(18,19)15-4-2-13(8-16)3-5-15/h2-5,10-11,17H,6-7,9H2,1H3. The maximum absolute atomic E-state index is 12.1. The molecule has 0 spiro atoms. The van der Waals surface area contributed by atoms with Gasteiger partial charge < -0.3 is 5.32 Å². The van der Waals surface area contributed by atoms with Crippen molar-refractivity contribution < 1.29 is 8.42 Å². The van der Waals surface area contributed by atoms with Gasteiger partial charge in [-0.25, -0.2) is 8.42 Å². The number of nitrogens with one attached hydrogen (secondary N) is 1. The molecule has 110 valence electrons. The van der Waals surface area contributed by atoms with E-state index in [4.69, 9.17) is 5.26 Å². The number of benzene rings is 1. The number of sulfone groups is 1. The van der Waals surface area contributed by atoms with Crippen LogP contribution >= 0.6 is 11.3 Å². The lowest BCUT2D eigenvalue weighted by atomic mass is 10.2. The lowest BCUT2D eigenvalue weighted by Crippen LogP contribution is -2.22. The summed E-state index contributed by atoms with van der Waals surface area (Å²) in [6, 6.07) is 7.98. The van der Waals surface area contributed by atoms with Gasteiger partial charge in [0.2, 0.25) is 0 Å². The van der Waals surface area contributed by atoms with Crippen LogP contribution in [0.4, 0.5) is 0 Å². The second kappa shape index (κ2) is 6.85. The fourth-order valence-corrected chi connectivity index (χ4v) is 3.91. The van der Waals surface area contributed by atoms with Gasteiger partial charge in [0.05, 0.1) is 22.3 Å². The third-order valence-electron chi connectivity index (χ3n) is 3.17.